The normalized spacial score (nSPS) is 12.7. The van der Waals surface area contributed by atoms with E-state index >= 15 is 0 Å². The van der Waals surface area contributed by atoms with E-state index in [-0.39, 0.29) is 11.7 Å². The molecule has 22 heavy (non-hydrogen) atoms. The predicted octanol–water partition coefficient (Wildman–Crippen LogP) is 0.107. The van der Waals surface area contributed by atoms with Crippen LogP contribution in [0, 0.1) is 5.92 Å². The number of primary sulfonamides is 1. The first kappa shape index (κ1) is 17.9. The Bertz CT molecular complexity index is 658. The fraction of sp³-hybridized carbons (Fsp3) is 0.385. The van der Waals surface area contributed by atoms with E-state index < -0.39 is 28.0 Å². The fourth-order valence-corrected chi connectivity index (χ4v) is 2.49. The predicted molar refractivity (Wildman–Crippen MR) is 83.2 cm³/mol. The van der Waals surface area contributed by atoms with Crippen LogP contribution in [0.1, 0.15) is 19.4 Å². The summed E-state index contributed by atoms with van der Waals surface area (Å²) in [4.78, 5) is 23.1. The van der Waals surface area contributed by atoms with E-state index in [1.807, 2.05) is 0 Å². The molecule has 0 unspecified atom stereocenters. The Morgan fingerprint density at radius 1 is 1.27 bits per heavy atom. The summed E-state index contributed by atoms with van der Waals surface area (Å²) in [5, 5.41) is 9.95. The van der Waals surface area contributed by atoms with E-state index in [0.717, 1.165) is 0 Å². The number of rotatable bonds is 6. The smallest absolute Gasteiger partial charge is 0.319 e. The molecule has 0 saturated heterocycles. The first-order valence-electron chi connectivity index (χ1n) is 6.54. The number of anilines is 1. The van der Waals surface area contributed by atoms with Gasteiger partial charge in [-0.15, -0.1) is 0 Å². The third kappa shape index (κ3) is 6.10. The van der Waals surface area contributed by atoms with Gasteiger partial charge in [0.15, 0.2) is 0 Å². The van der Waals surface area contributed by atoms with Crippen molar-refractivity contribution in [3.8, 4) is 0 Å². The molecule has 3 amide bonds. The molecule has 0 aliphatic rings. The van der Waals surface area contributed by atoms with Gasteiger partial charge in [-0.25, -0.2) is 18.4 Å². The molecular formula is C13H20N4O4S. The molecule has 1 rings (SSSR count). The molecule has 1 atom stereocenters. The standard InChI is InChI=1S/C13H20N4O4S/c1-8(2)11(12(14)18)17-13(19)16-10-5-3-4-9(6-10)7-22(15,20)21/h3-6,8,11H,7H2,1-2H3,(H2,14,18)(H2,15,20,21)(H2,16,17,19)/t11-/m0/s1. The maximum absolute atomic E-state index is 11.9. The molecule has 1 aromatic carbocycles. The molecule has 0 spiro atoms. The lowest BCUT2D eigenvalue weighted by atomic mass is 10.0. The van der Waals surface area contributed by atoms with Crippen molar-refractivity contribution in [1.29, 1.82) is 0 Å². The van der Waals surface area contributed by atoms with Crippen molar-refractivity contribution in [1.82, 2.24) is 5.32 Å². The number of carbonyl (C=O) groups is 2. The molecule has 0 aliphatic heterocycles. The zero-order valence-electron chi connectivity index (χ0n) is 12.4. The maximum atomic E-state index is 11.9. The van der Waals surface area contributed by atoms with Crippen LogP contribution in [0.4, 0.5) is 10.5 Å². The van der Waals surface area contributed by atoms with Crippen LogP contribution in [-0.4, -0.2) is 26.4 Å². The molecule has 9 heteroatoms. The van der Waals surface area contributed by atoms with Gasteiger partial charge in [0.1, 0.15) is 6.04 Å². The summed E-state index contributed by atoms with van der Waals surface area (Å²) in [6.07, 6.45) is 0. The number of primary amides is 1. The Morgan fingerprint density at radius 3 is 2.41 bits per heavy atom. The van der Waals surface area contributed by atoms with Crippen LogP contribution in [0.3, 0.4) is 0 Å². The van der Waals surface area contributed by atoms with Crippen molar-refractivity contribution in [3.63, 3.8) is 0 Å². The van der Waals surface area contributed by atoms with Gasteiger partial charge in [-0.05, 0) is 23.6 Å². The SMILES string of the molecule is CC(C)[C@H](NC(=O)Nc1cccc(CS(N)(=O)=O)c1)C(N)=O. The molecule has 0 heterocycles. The first-order chi connectivity index (χ1) is 10.1. The number of sulfonamides is 1. The lowest BCUT2D eigenvalue weighted by Crippen LogP contribution is -2.49. The van der Waals surface area contributed by atoms with Gasteiger partial charge in [-0.1, -0.05) is 26.0 Å². The second-order valence-corrected chi connectivity index (χ2v) is 6.84. The van der Waals surface area contributed by atoms with Crippen LogP contribution < -0.4 is 21.5 Å². The van der Waals surface area contributed by atoms with E-state index in [2.05, 4.69) is 10.6 Å². The van der Waals surface area contributed by atoms with Gasteiger partial charge in [-0.2, -0.15) is 0 Å². The number of hydrogen-bond donors (Lipinski definition) is 4. The summed E-state index contributed by atoms with van der Waals surface area (Å²) < 4.78 is 22.1. The highest BCUT2D eigenvalue weighted by Gasteiger charge is 2.21. The minimum atomic E-state index is -3.65. The summed E-state index contributed by atoms with van der Waals surface area (Å²) >= 11 is 0. The zero-order valence-corrected chi connectivity index (χ0v) is 13.2. The monoisotopic (exact) mass is 328 g/mol. The van der Waals surface area contributed by atoms with Crippen LogP contribution in [0.5, 0.6) is 0 Å². The summed E-state index contributed by atoms with van der Waals surface area (Å²) in [5.41, 5.74) is 6.03. The maximum Gasteiger partial charge on any atom is 0.319 e. The Morgan fingerprint density at radius 2 is 1.91 bits per heavy atom. The quantitative estimate of drug-likeness (QED) is 0.587. The second kappa shape index (κ2) is 7.23. The van der Waals surface area contributed by atoms with Gasteiger partial charge in [0.2, 0.25) is 15.9 Å². The summed E-state index contributed by atoms with van der Waals surface area (Å²) in [5.74, 6) is -1.12. The number of amides is 3. The van der Waals surface area contributed by atoms with Crippen LogP contribution in [-0.2, 0) is 20.6 Å². The largest absolute Gasteiger partial charge is 0.368 e. The van der Waals surface area contributed by atoms with Crippen LogP contribution >= 0.6 is 0 Å². The number of nitrogens with two attached hydrogens (primary N) is 2. The van der Waals surface area contributed by atoms with E-state index in [0.29, 0.717) is 11.3 Å². The molecule has 0 bridgehead atoms. The number of urea groups is 1. The molecule has 0 aliphatic carbocycles. The molecule has 0 saturated carbocycles. The zero-order chi connectivity index (χ0) is 16.9. The van der Waals surface area contributed by atoms with Gasteiger partial charge in [0.25, 0.3) is 0 Å². The van der Waals surface area contributed by atoms with Crippen molar-refractivity contribution < 1.29 is 18.0 Å². The van der Waals surface area contributed by atoms with Crippen molar-refractivity contribution in [3.05, 3.63) is 29.8 Å². The molecule has 122 valence electrons. The van der Waals surface area contributed by atoms with Gasteiger partial charge in [0, 0.05) is 5.69 Å². The fourth-order valence-electron chi connectivity index (χ4n) is 1.85. The van der Waals surface area contributed by atoms with Gasteiger partial charge >= 0.3 is 6.03 Å². The highest BCUT2D eigenvalue weighted by Crippen LogP contribution is 2.12. The number of benzene rings is 1. The average Bonchev–Trinajstić information content (AvgIpc) is 2.33. The van der Waals surface area contributed by atoms with Crippen molar-refractivity contribution in [2.75, 3.05) is 5.32 Å². The Balaban J connectivity index is 2.76. The van der Waals surface area contributed by atoms with Crippen LogP contribution in [0.15, 0.2) is 24.3 Å². The van der Waals surface area contributed by atoms with Crippen molar-refractivity contribution >= 4 is 27.6 Å². The lowest BCUT2D eigenvalue weighted by molar-refractivity contribution is -0.120. The number of nitrogens with one attached hydrogen (secondary N) is 2. The van der Waals surface area contributed by atoms with E-state index in [9.17, 15) is 18.0 Å². The minimum absolute atomic E-state index is 0.156. The van der Waals surface area contributed by atoms with E-state index in [4.69, 9.17) is 10.9 Å². The Labute approximate surface area is 129 Å². The van der Waals surface area contributed by atoms with E-state index in [1.165, 1.54) is 6.07 Å². The Kier molecular flexibility index (Phi) is 5.89. The molecule has 0 aromatic heterocycles. The molecule has 1 aromatic rings. The van der Waals surface area contributed by atoms with Gasteiger partial charge < -0.3 is 16.4 Å². The second-order valence-electron chi connectivity index (χ2n) is 5.23. The summed E-state index contributed by atoms with van der Waals surface area (Å²) in [7, 11) is -3.65. The van der Waals surface area contributed by atoms with Gasteiger partial charge in [0.05, 0.1) is 5.75 Å². The lowest BCUT2D eigenvalue weighted by Gasteiger charge is -2.19. The number of hydrogen-bond acceptors (Lipinski definition) is 4. The van der Waals surface area contributed by atoms with Crippen LogP contribution in [0.25, 0.3) is 0 Å². The topological polar surface area (TPSA) is 144 Å². The van der Waals surface area contributed by atoms with Crippen molar-refractivity contribution in [2.24, 2.45) is 16.8 Å². The summed E-state index contributed by atoms with van der Waals surface area (Å²) in [6.45, 7) is 3.50. The summed E-state index contributed by atoms with van der Waals surface area (Å²) in [6, 6.07) is 4.83. The highest BCUT2D eigenvalue weighted by molar-refractivity contribution is 7.88. The molecule has 0 radical (unpaired) electrons. The molecule has 0 fully saturated rings. The third-order valence-corrected chi connectivity index (χ3v) is 3.55. The van der Waals surface area contributed by atoms with Crippen LogP contribution in [0.2, 0.25) is 0 Å². The highest BCUT2D eigenvalue weighted by atomic mass is 32.2. The average molecular weight is 328 g/mol. The number of carbonyl (C=O) groups excluding carboxylic acids is 2. The van der Waals surface area contributed by atoms with Crippen molar-refractivity contribution in [2.45, 2.75) is 25.6 Å². The van der Waals surface area contributed by atoms with E-state index in [1.54, 1.807) is 32.0 Å². The molecule has 6 N–H and O–H groups in total. The molecular weight excluding hydrogens is 308 g/mol. The van der Waals surface area contributed by atoms with Gasteiger partial charge in [-0.3, -0.25) is 4.79 Å². The third-order valence-electron chi connectivity index (χ3n) is 2.81. The Hall–Kier alpha value is -2.13. The molecule has 8 nitrogen and oxygen atoms in total. The first-order valence-corrected chi connectivity index (χ1v) is 8.26. The minimum Gasteiger partial charge on any atom is -0.368 e.